The van der Waals surface area contributed by atoms with Crippen molar-refractivity contribution < 1.29 is 0 Å². The molecule has 0 atom stereocenters. The van der Waals surface area contributed by atoms with E-state index in [4.69, 9.17) is 15.8 Å². The van der Waals surface area contributed by atoms with Crippen LogP contribution in [0.25, 0.3) is 5.65 Å². The Hall–Kier alpha value is -2.47. The summed E-state index contributed by atoms with van der Waals surface area (Å²) in [5.41, 5.74) is 11.0. The first-order valence-electron chi connectivity index (χ1n) is 10.1. The van der Waals surface area contributed by atoms with Gasteiger partial charge in [-0.05, 0) is 30.4 Å². The monoisotopic (exact) mass is 362 g/mol. The number of nitrogens with two attached hydrogens (primary N) is 1. The van der Waals surface area contributed by atoms with E-state index in [1.54, 1.807) is 4.52 Å². The van der Waals surface area contributed by atoms with E-state index in [1.165, 1.54) is 43.2 Å². The van der Waals surface area contributed by atoms with Gasteiger partial charge in [0.1, 0.15) is 0 Å². The number of nitrogen functional groups attached to an aromatic ring is 1. The van der Waals surface area contributed by atoms with E-state index in [1.807, 2.05) is 6.20 Å². The summed E-state index contributed by atoms with van der Waals surface area (Å²) < 4.78 is 1.75. The molecule has 6 nitrogen and oxygen atoms in total. The van der Waals surface area contributed by atoms with E-state index < -0.39 is 0 Å². The third-order valence-corrected chi connectivity index (χ3v) is 6.05. The smallest absolute Gasteiger partial charge is 0.223 e. The van der Waals surface area contributed by atoms with Gasteiger partial charge >= 0.3 is 0 Å². The van der Waals surface area contributed by atoms with Crippen LogP contribution < -0.4 is 5.73 Å². The fourth-order valence-corrected chi connectivity index (χ4v) is 4.53. The molecule has 1 aliphatic heterocycles. The highest BCUT2D eigenvalue weighted by Gasteiger charge is 2.23. The highest BCUT2D eigenvalue weighted by molar-refractivity contribution is 5.50. The summed E-state index contributed by atoms with van der Waals surface area (Å²) in [5.74, 6) is 1.83. The summed E-state index contributed by atoms with van der Waals surface area (Å²) in [5, 5.41) is 4.73. The van der Waals surface area contributed by atoms with Gasteiger partial charge in [-0.3, -0.25) is 4.90 Å². The van der Waals surface area contributed by atoms with Crippen molar-refractivity contribution in [2.24, 2.45) is 0 Å². The predicted molar refractivity (Wildman–Crippen MR) is 105 cm³/mol. The Kier molecular flexibility index (Phi) is 4.28. The van der Waals surface area contributed by atoms with Gasteiger partial charge < -0.3 is 5.73 Å². The molecule has 5 rings (SSSR count). The van der Waals surface area contributed by atoms with Crippen LogP contribution in [-0.4, -0.2) is 31.0 Å². The maximum Gasteiger partial charge on any atom is 0.223 e. The number of rotatable bonds is 3. The summed E-state index contributed by atoms with van der Waals surface area (Å²) >= 11 is 0. The summed E-state index contributed by atoms with van der Waals surface area (Å²) in [6, 6.07) is 8.73. The van der Waals surface area contributed by atoms with Crippen LogP contribution in [0.3, 0.4) is 0 Å². The maximum atomic E-state index is 6.10. The predicted octanol–water partition coefficient (Wildman–Crippen LogP) is 3.31. The molecule has 27 heavy (non-hydrogen) atoms. The average molecular weight is 362 g/mol. The Labute approximate surface area is 159 Å². The van der Waals surface area contributed by atoms with Crippen molar-refractivity contribution in [2.75, 3.05) is 12.3 Å². The normalized spacial score (nSPS) is 18.7. The average Bonchev–Trinajstić information content (AvgIpc) is 3.17. The molecule has 1 aromatic carbocycles. The van der Waals surface area contributed by atoms with Gasteiger partial charge in [0.15, 0.2) is 11.5 Å². The minimum absolute atomic E-state index is 0.423. The van der Waals surface area contributed by atoms with E-state index in [9.17, 15) is 0 Å². The zero-order valence-corrected chi connectivity index (χ0v) is 15.6. The van der Waals surface area contributed by atoms with E-state index in [-0.39, 0.29) is 0 Å². The second-order valence-corrected chi connectivity index (χ2v) is 7.91. The van der Waals surface area contributed by atoms with E-state index in [2.05, 4.69) is 34.1 Å². The molecular weight excluding hydrogens is 336 g/mol. The van der Waals surface area contributed by atoms with Crippen LogP contribution in [0.4, 0.5) is 5.95 Å². The Bertz CT molecular complexity index is 956. The molecule has 0 bridgehead atoms. The third-order valence-electron chi connectivity index (χ3n) is 6.05. The van der Waals surface area contributed by atoms with Crippen molar-refractivity contribution in [3.63, 3.8) is 0 Å². The summed E-state index contributed by atoms with van der Waals surface area (Å²) in [7, 11) is 0. The lowest BCUT2D eigenvalue weighted by Gasteiger charge is -2.28. The third kappa shape index (κ3) is 3.18. The molecule has 2 aliphatic rings. The van der Waals surface area contributed by atoms with E-state index in [0.717, 1.165) is 43.1 Å². The molecule has 1 fully saturated rings. The standard InChI is InChI=1S/C21H26N6/c22-21-23-12-18(14-26-11-10-15-6-4-5-9-17(15)13-26)20-24-19(25-27(20)21)16-7-2-1-3-8-16/h4-6,9,12,16H,1-3,7-8,10-11,13-14H2,(H2,22,23). The zero-order valence-electron chi connectivity index (χ0n) is 15.6. The van der Waals surface area contributed by atoms with Gasteiger partial charge in [0, 0.05) is 37.3 Å². The molecule has 140 valence electrons. The lowest BCUT2D eigenvalue weighted by atomic mass is 9.89. The number of anilines is 1. The van der Waals surface area contributed by atoms with Crippen molar-refractivity contribution >= 4 is 11.6 Å². The molecule has 0 saturated heterocycles. The molecule has 6 heteroatoms. The van der Waals surface area contributed by atoms with Gasteiger partial charge in [-0.2, -0.15) is 4.52 Å². The molecule has 0 amide bonds. The van der Waals surface area contributed by atoms with Crippen molar-refractivity contribution in [1.82, 2.24) is 24.5 Å². The van der Waals surface area contributed by atoms with Crippen LogP contribution in [0.5, 0.6) is 0 Å². The van der Waals surface area contributed by atoms with Crippen LogP contribution in [0, 0.1) is 0 Å². The number of fused-ring (bicyclic) bond motifs is 2. The molecule has 0 radical (unpaired) electrons. The molecule has 1 saturated carbocycles. The van der Waals surface area contributed by atoms with Gasteiger partial charge in [-0.1, -0.05) is 43.5 Å². The summed E-state index contributed by atoms with van der Waals surface area (Å²) in [6.45, 7) is 2.85. The number of hydrogen-bond donors (Lipinski definition) is 1. The molecule has 1 aliphatic carbocycles. The Morgan fingerprint density at radius 3 is 2.74 bits per heavy atom. The highest BCUT2D eigenvalue weighted by atomic mass is 15.4. The van der Waals surface area contributed by atoms with Crippen molar-refractivity contribution in [2.45, 2.75) is 57.5 Å². The van der Waals surface area contributed by atoms with Gasteiger partial charge in [-0.15, -0.1) is 5.10 Å². The second kappa shape index (κ2) is 6.93. The van der Waals surface area contributed by atoms with Crippen molar-refractivity contribution in [1.29, 1.82) is 0 Å². The van der Waals surface area contributed by atoms with Crippen molar-refractivity contribution in [3.8, 4) is 0 Å². The molecule has 2 aromatic heterocycles. The van der Waals surface area contributed by atoms with Gasteiger partial charge in [0.25, 0.3) is 0 Å². The molecule has 2 N–H and O–H groups in total. The minimum Gasteiger partial charge on any atom is -0.368 e. The minimum atomic E-state index is 0.423. The first-order chi connectivity index (χ1) is 13.3. The Balaban J connectivity index is 1.43. The molecule has 0 spiro atoms. The lowest BCUT2D eigenvalue weighted by Crippen LogP contribution is -2.30. The highest BCUT2D eigenvalue weighted by Crippen LogP contribution is 2.31. The summed E-state index contributed by atoms with van der Waals surface area (Å²) in [4.78, 5) is 11.8. The fourth-order valence-electron chi connectivity index (χ4n) is 4.53. The number of nitrogens with zero attached hydrogens (tertiary/aromatic N) is 5. The van der Waals surface area contributed by atoms with Gasteiger partial charge in [-0.25, -0.2) is 9.97 Å². The molecule has 3 heterocycles. The topological polar surface area (TPSA) is 72.3 Å². The van der Waals surface area contributed by atoms with Crippen LogP contribution >= 0.6 is 0 Å². The number of benzene rings is 1. The zero-order chi connectivity index (χ0) is 18.2. The Morgan fingerprint density at radius 2 is 1.89 bits per heavy atom. The van der Waals surface area contributed by atoms with Crippen LogP contribution in [0.15, 0.2) is 30.5 Å². The van der Waals surface area contributed by atoms with Crippen LogP contribution in [0.1, 0.15) is 60.5 Å². The quantitative estimate of drug-likeness (QED) is 0.774. The molecule has 0 unspecified atom stereocenters. The van der Waals surface area contributed by atoms with Crippen molar-refractivity contribution in [3.05, 3.63) is 53.0 Å². The summed E-state index contributed by atoms with van der Waals surface area (Å²) in [6.07, 6.45) is 9.21. The van der Waals surface area contributed by atoms with E-state index in [0.29, 0.717) is 11.9 Å². The van der Waals surface area contributed by atoms with Gasteiger partial charge in [0.2, 0.25) is 5.95 Å². The van der Waals surface area contributed by atoms with E-state index >= 15 is 0 Å². The fraction of sp³-hybridized carbons (Fsp3) is 0.476. The maximum absolute atomic E-state index is 6.10. The van der Waals surface area contributed by atoms with Crippen LogP contribution in [-0.2, 0) is 19.5 Å². The number of aromatic nitrogens is 4. The first-order valence-corrected chi connectivity index (χ1v) is 10.1. The van der Waals surface area contributed by atoms with Crippen LogP contribution in [0.2, 0.25) is 0 Å². The number of hydrogen-bond acceptors (Lipinski definition) is 5. The second-order valence-electron chi connectivity index (χ2n) is 7.91. The Morgan fingerprint density at radius 1 is 1.07 bits per heavy atom. The molecular formula is C21H26N6. The van der Waals surface area contributed by atoms with Gasteiger partial charge in [0.05, 0.1) is 0 Å². The SMILES string of the molecule is Nc1ncc(CN2CCc3ccccc3C2)c2nc(C3CCCCC3)nn12. The molecule has 3 aromatic rings. The first kappa shape index (κ1) is 16.7. The largest absolute Gasteiger partial charge is 0.368 e. The lowest BCUT2D eigenvalue weighted by molar-refractivity contribution is 0.246.